The second-order valence-corrected chi connectivity index (χ2v) is 17.0. The Hall–Kier alpha value is -7.57. The van der Waals surface area contributed by atoms with E-state index in [1.807, 2.05) is 24.7 Å². The van der Waals surface area contributed by atoms with Crippen LogP contribution >= 0.6 is 0 Å². The van der Waals surface area contributed by atoms with Gasteiger partial charge < -0.3 is 0 Å². The van der Waals surface area contributed by atoms with Crippen molar-refractivity contribution in [3.05, 3.63) is 192 Å². The quantitative estimate of drug-likeness (QED) is 0.179. The number of aromatic nitrogens is 6. The summed E-state index contributed by atoms with van der Waals surface area (Å²) >= 11 is 0. The van der Waals surface area contributed by atoms with Crippen molar-refractivity contribution in [1.29, 1.82) is 0 Å². The first-order valence-electron chi connectivity index (χ1n) is 21.6. The zero-order chi connectivity index (χ0) is 39.8. The van der Waals surface area contributed by atoms with Crippen molar-refractivity contribution in [2.75, 3.05) is 0 Å². The number of rotatable bonds is 4. The molecule has 0 spiro atoms. The minimum atomic E-state index is 0.928. The SMILES string of the molecule is C1=C(c2nccc3ccccc23)CCc2c1c1cc3c4c(c1n2-c1ccccn1)CCc1c-4c(cc2c4cc(-c5nccc6ccccc56)ccc4n(-n4cccc4)c12)CC3. The zero-order valence-electron chi connectivity index (χ0n) is 33.4. The fourth-order valence-electron chi connectivity index (χ4n) is 11.4. The molecule has 0 radical (unpaired) electrons. The Bertz CT molecular complexity index is 3690. The van der Waals surface area contributed by atoms with Crippen LogP contribution in [0.25, 0.3) is 94.1 Å². The molecule has 0 N–H and O–H groups in total. The average Bonchev–Trinajstić information content (AvgIpc) is 4.05. The molecule has 6 heteroatoms. The number of allylic oxidation sites excluding steroid dienone is 1. The van der Waals surface area contributed by atoms with Gasteiger partial charge in [-0.05, 0) is 155 Å². The molecule has 0 saturated carbocycles. The third-order valence-corrected chi connectivity index (χ3v) is 13.9. The van der Waals surface area contributed by atoms with E-state index in [0.29, 0.717) is 0 Å². The van der Waals surface area contributed by atoms with Gasteiger partial charge in [0.1, 0.15) is 5.82 Å². The van der Waals surface area contributed by atoms with Crippen LogP contribution in [0.15, 0.2) is 152 Å². The zero-order valence-corrected chi connectivity index (χ0v) is 33.4. The van der Waals surface area contributed by atoms with Crippen LogP contribution in [0.1, 0.15) is 45.6 Å². The molecular formula is C55H38N6. The monoisotopic (exact) mass is 782 g/mol. The molecule has 14 rings (SSSR count). The lowest BCUT2D eigenvalue weighted by atomic mass is 9.73. The standard InChI is InChI=1S/C55H38N6/c1-3-11-39-33(9-1)22-25-57-52(39)37-16-20-47-43(31-37)45-29-35-14-15-36-30-46-44-32-38(53-40-12-4-2-10-34(40)23-26-58-53)17-21-48(44)61(59-27-7-8-28-59)55(46)42-19-18-41(50(35)51(36)42)54(45)60(47)49-13-5-6-24-56-49/h1-13,17,21-32H,14-16,18-20H2. The minimum absolute atomic E-state index is 0.928. The lowest BCUT2D eigenvalue weighted by Gasteiger charge is -2.31. The highest BCUT2D eigenvalue weighted by Gasteiger charge is 2.34. The molecule has 0 amide bonds. The van der Waals surface area contributed by atoms with Crippen molar-refractivity contribution in [3.63, 3.8) is 0 Å². The molecule has 0 aliphatic heterocycles. The van der Waals surface area contributed by atoms with Crippen molar-refractivity contribution in [2.45, 2.75) is 38.5 Å². The van der Waals surface area contributed by atoms with Gasteiger partial charge in [-0.1, -0.05) is 60.7 Å². The van der Waals surface area contributed by atoms with Gasteiger partial charge in [-0.2, -0.15) is 0 Å². The second kappa shape index (κ2) is 12.5. The van der Waals surface area contributed by atoms with E-state index in [1.165, 1.54) is 104 Å². The van der Waals surface area contributed by atoms with E-state index in [0.717, 1.165) is 61.3 Å². The molecule has 61 heavy (non-hydrogen) atoms. The Morgan fingerprint density at radius 1 is 0.475 bits per heavy atom. The van der Waals surface area contributed by atoms with E-state index in [-0.39, 0.29) is 0 Å². The predicted octanol–water partition coefficient (Wildman–Crippen LogP) is 12.4. The van der Waals surface area contributed by atoms with Crippen LogP contribution in [-0.2, 0) is 32.1 Å². The number of hydrogen-bond acceptors (Lipinski definition) is 3. The molecule has 6 aromatic heterocycles. The summed E-state index contributed by atoms with van der Waals surface area (Å²) in [6.07, 6.45) is 18.5. The molecule has 3 aliphatic rings. The summed E-state index contributed by atoms with van der Waals surface area (Å²) in [5.41, 5.74) is 19.8. The van der Waals surface area contributed by atoms with Gasteiger partial charge >= 0.3 is 0 Å². The van der Waals surface area contributed by atoms with Crippen LogP contribution in [0.5, 0.6) is 0 Å². The summed E-state index contributed by atoms with van der Waals surface area (Å²) in [6.45, 7) is 0. The van der Waals surface area contributed by atoms with Crippen molar-refractivity contribution < 1.29 is 0 Å². The van der Waals surface area contributed by atoms with Crippen LogP contribution in [0.2, 0.25) is 0 Å². The lowest BCUT2D eigenvalue weighted by Crippen LogP contribution is -2.17. The summed E-state index contributed by atoms with van der Waals surface area (Å²) < 4.78 is 7.24. The molecule has 0 saturated heterocycles. The average molecular weight is 783 g/mol. The summed E-state index contributed by atoms with van der Waals surface area (Å²) in [5.74, 6) is 0.992. The van der Waals surface area contributed by atoms with E-state index >= 15 is 0 Å². The Balaban J connectivity index is 1.03. The van der Waals surface area contributed by atoms with Crippen molar-refractivity contribution in [2.24, 2.45) is 0 Å². The summed E-state index contributed by atoms with van der Waals surface area (Å²) in [6, 6.07) is 44.1. The minimum Gasteiger partial charge on any atom is -0.297 e. The molecule has 11 aromatic rings. The number of aryl methyl sites for hydroxylation is 4. The first-order chi connectivity index (χ1) is 30.3. The van der Waals surface area contributed by atoms with Crippen LogP contribution in [-0.4, -0.2) is 28.9 Å². The Morgan fingerprint density at radius 3 is 1.92 bits per heavy atom. The largest absolute Gasteiger partial charge is 0.297 e. The molecular weight excluding hydrogens is 745 g/mol. The van der Waals surface area contributed by atoms with Gasteiger partial charge in [-0.3, -0.25) is 19.2 Å². The van der Waals surface area contributed by atoms with Gasteiger partial charge in [0.05, 0.1) is 27.9 Å². The van der Waals surface area contributed by atoms with Gasteiger partial charge in [0.25, 0.3) is 0 Å². The maximum absolute atomic E-state index is 5.02. The van der Waals surface area contributed by atoms with Crippen molar-refractivity contribution in [1.82, 2.24) is 28.9 Å². The number of hydrogen-bond donors (Lipinski definition) is 0. The normalized spacial score (nSPS) is 14.3. The van der Waals surface area contributed by atoms with E-state index in [2.05, 4.69) is 148 Å². The third-order valence-electron chi connectivity index (χ3n) is 13.9. The van der Waals surface area contributed by atoms with E-state index in [1.54, 1.807) is 0 Å². The van der Waals surface area contributed by atoms with Crippen LogP contribution < -0.4 is 0 Å². The van der Waals surface area contributed by atoms with Gasteiger partial charge in [-0.15, -0.1) is 0 Å². The van der Waals surface area contributed by atoms with Gasteiger partial charge in [0.2, 0.25) is 0 Å². The summed E-state index contributed by atoms with van der Waals surface area (Å²) in [4.78, 5) is 14.9. The fraction of sp³-hybridized carbons (Fsp3) is 0.109. The van der Waals surface area contributed by atoms with Gasteiger partial charge in [0, 0.05) is 74.7 Å². The molecule has 0 atom stereocenters. The van der Waals surface area contributed by atoms with Crippen LogP contribution in [0.4, 0.5) is 0 Å². The molecule has 5 aromatic carbocycles. The van der Waals surface area contributed by atoms with E-state index in [9.17, 15) is 0 Å². The van der Waals surface area contributed by atoms with E-state index in [4.69, 9.17) is 15.0 Å². The molecule has 0 bridgehead atoms. The van der Waals surface area contributed by atoms with Crippen LogP contribution in [0.3, 0.4) is 0 Å². The van der Waals surface area contributed by atoms with Gasteiger partial charge in [-0.25, -0.2) is 9.66 Å². The molecule has 3 aliphatic carbocycles. The van der Waals surface area contributed by atoms with E-state index < -0.39 is 0 Å². The molecule has 6 heterocycles. The number of pyridine rings is 3. The molecule has 0 unspecified atom stereocenters. The molecule has 0 fully saturated rings. The highest BCUT2D eigenvalue weighted by molar-refractivity contribution is 6.14. The topological polar surface area (TPSA) is 53.5 Å². The summed E-state index contributed by atoms with van der Waals surface area (Å²) in [5, 5.41) is 8.76. The number of benzene rings is 5. The molecule has 288 valence electrons. The van der Waals surface area contributed by atoms with Crippen molar-refractivity contribution in [3.8, 4) is 28.2 Å². The highest BCUT2D eigenvalue weighted by atomic mass is 15.4. The number of fused-ring (bicyclic) bond motifs is 10. The highest BCUT2D eigenvalue weighted by Crippen LogP contribution is 2.51. The smallest absolute Gasteiger partial charge is 0.137 e. The Kier molecular flexibility index (Phi) is 6.81. The Labute approximate surface area is 351 Å². The van der Waals surface area contributed by atoms with Crippen LogP contribution in [0, 0.1) is 0 Å². The molecule has 6 nitrogen and oxygen atoms in total. The maximum Gasteiger partial charge on any atom is 0.137 e. The number of nitrogens with zero attached hydrogens (tertiary/aromatic N) is 6. The fourth-order valence-corrected chi connectivity index (χ4v) is 11.4. The predicted molar refractivity (Wildman–Crippen MR) is 248 cm³/mol. The van der Waals surface area contributed by atoms with Gasteiger partial charge in [0.15, 0.2) is 0 Å². The summed E-state index contributed by atoms with van der Waals surface area (Å²) in [7, 11) is 0. The van der Waals surface area contributed by atoms with Crippen molar-refractivity contribution >= 4 is 65.9 Å². The lowest BCUT2D eigenvalue weighted by molar-refractivity contribution is 0.713. The first-order valence-corrected chi connectivity index (χ1v) is 21.6. The maximum atomic E-state index is 5.02. The second-order valence-electron chi connectivity index (χ2n) is 17.0. The Morgan fingerprint density at radius 2 is 1.16 bits per heavy atom. The third kappa shape index (κ3) is 4.64. The first kappa shape index (κ1) is 33.3.